The molecule has 0 bridgehead atoms. The Morgan fingerprint density at radius 1 is 1.07 bits per heavy atom. The van der Waals surface area contributed by atoms with Gasteiger partial charge in [0.05, 0.1) is 12.6 Å². The molecule has 0 amide bonds. The third kappa shape index (κ3) is 6.47. The van der Waals surface area contributed by atoms with Crippen LogP contribution in [0.2, 0.25) is 0 Å². The fraction of sp³-hybridized carbons (Fsp3) is 0.682. The van der Waals surface area contributed by atoms with Crippen molar-refractivity contribution in [3.63, 3.8) is 0 Å². The van der Waals surface area contributed by atoms with Gasteiger partial charge in [-0.1, -0.05) is 31.2 Å². The van der Waals surface area contributed by atoms with Crippen molar-refractivity contribution in [1.29, 1.82) is 0 Å². The predicted octanol–water partition coefficient (Wildman–Crippen LogP) is 2.06. The summed E-state index contributed by atoms with van der Waals surface area (Å²) in [6, 6.07) is 8.73. The van der Waals surface area contributed by atoms with Gasteiger partial charge in [-0.05, 0) is 37.4 Å². The van der Waals surface area contributed by atoms with Gasteiger partial charge < -0.3 is 20.3 Å². The highest BCUT2D eigenvalue weighted by atomic mass is 16.5. The summed E-state index contributed by atoms with van der Waals surface area (Å²) in [5.74, 6) is 0.879. The van der Waals surface area contributed by atoms with Gasteiger partial charge in [-0.2, -0.15) is 0 Å². The second kappa shape index (κ2) is 11.4. The third-order valence-electron chi connectivity index (χ3n) is 5.70. The van der Waals surface area contributed by atoms with Crippen molar-refractivity contribution in [2.45, 2.75) is 45.9 Å². The summed E-state index contributed by atoms with van der Waals surface area (Å²) in [4.78, 5) is 9.92. The lowest BCUT2D eigenvalue weighted by atomic mass is 10.1. The Hall–Kier alpha value is -1.63. The van der Waals surface area contributed by atoms with Crippen molar-refractivity contribution in [2.75, 3.05) is 52.4 Å². The molecule has 0 spiro atoms. The van der Waals surface area contributed by atoms with Crippen LogP contribution in [0, 0.1) is 0 Å². The lowest BCUT2D eigenvalue weighted by molar-refractivity contribution is 0.114. The summed E-state index contributed by atoms with van der Waals surface area (Å²) in [6.07, 6.45) is 2.62. The molecule has 0 aromatic heterocycles. The van der Waals surface area contributed by atoms with Crippen LogP contribution < -0.4 is 10.6 Å². The van der Waals surface area contributed by atoms with Crippen LogP contribution >= 0.6 is 0 Å². The predicted molar refractivity (Wildman–Crippen MR) is 116 cm³/mol. The van der Waals surface area contributed by atoms with E-state index >= 15 is 0 Å². The Kier molecular flexibility index (Phi) is 8.58. The summed E-state index contributed by atoms with van der Waals surface area (Å²) in [7, 11) is 0. The van der Waals surface area contributed by atoms with Crippen LogP contribution in [0.1, 0.15) is 37.8 Å². The number of piperazine rings is 1. The van der Waals surface area contributed by atoms with Crippen LogP contribution in [0.4, 0.5) is 0 Å². The van der Waals surface area contributed by atoms with Gasteiger partial charge in [-0.25, -0.2) is 4.99 Å². The number of hydrogen-bond donors (Lipinski definition) is 2. The normalized spacial score (nSPS) is 21.8. The number of aliphatic imine (C=N–C) groups is 1. The first-order chi connectivity index (χ1) is 13.8. The molecule has 6 nitrogen and oxygen atoms in total. The van der Waals surface area contributed by atoms with Gasteiger partial charge in [0.25, 0.3) is 0 Å². The minimum atomic E-state index is 0.318. The molecule has 1 aromatic rings. The van der Waals surface area contributed by atoms with E-state index in [0.717, 1.165) is 58.3 Å². The molecule has 156 valence electrons. The number of ether oxygens (including phenoxy) is 1. The lowest BCUT2D eigenvalue weighted by Gasteiger charge is -2.34. The fourth-order valence-corrected chi connectivity index (χ4v) is 3.89. The highest BCUT2D eigenvalue weighted by molar-refractivity contribution is 5.79. The minimum absolute atomic E-state index is 0.318. The molecule has 1 unspecified atom stereocenters. The van der Waals surface area contributed by atoms with Crippen LogP contribution in [-0.4, -0.2) is 74.3 Å². The van der Waals surface area contributed by atoms with E-state index in [2.05, 4.69) is 58.5 Å². The Balaban J connectivity index is 1.56. The summed E-state index contributed by atoms with van der Waals surface area (Å²) in [5, 5.41) is 6.80. The lowest BCUT2D eigenvalue weighted by Crippen LogP contribution is -2.45. The van der Waals surface area contributed by atoms with E-state index in [4.69, 9.17) is 9.73 Å². The molecule has 0 saturated carbocycles. The van der Waals surface area contributed by atoms with Crippen molar-refractivity contribution in [1.82, 2.24) is 20.4 Å². The van der Waals surface area contributed by atoms with Crippen molar-refractivity contribution >= 4 is 5.96 Å². The monoisotopic (exact) mass is 387 g/mol. The average Bonchev–Trinajstić information content (AvgIpc) is 3.25. The second-order valence-corrected chi connectivity index (χ2v) is 7.69. The maximum absolute atomic E-state index is 5.71. The number of benzene rings is 1. The molecular formula is C22H37N5O. The fourth-order valence-electron chi connectivity index (χ4n) is 3.89. The standard InChI is InChI=1S/C22H37N5O/c1-3-23-22(25-17-21-10-7-15-28-21)24-16-19-8-5-6-9-20(19)18-27-13-11-26(4-2)12-14-27/h5-6,8-9,21H,3-4,7,10-18H2,1-2H3,(H2,23,24,25). The van der Waals surface area contributed by atoms with Gasteiger partial charge in [-0.15, -0.1) is 0 Å². The molecule has 3 rings (SSSR count). The molecule has 2 aliphatic rings. The van der Waals surface area contributed by atoms with E-state index < -0.39 is 0 Å². The van der Waals surface area contributed by atoms with E-state index in [1.165, 1.54) is 30.6 Å². The van der Waals surface area contributed by atoms with Crippen molar-refractivity contribution < 1.29 is 4.74 Å². The van der Waals surface area contributed by atoms with Crippen LogP contribution in [0.5, 0.6) is 0 Å². The molecule has 2 heterocycles. The first kappa shape index (κ1) is 21.1. The van der Waals surface area contributed by atoms with Crippen molar-refractivity contribution in [3.8, 4) is 0 Å². The largest absolute Gasteiger partial charge is 0.376 e. The van der Waals surface area contributed by atoms with Gasteiger partial charge in [0.2, 0.25) is 0 Å². The Morgan fingerprint density at radius 3 is 2.50 bits per heavy atom. The molecule has 6 heteroatoms. The highest BCUT2D eigenvalue weighted by Crippen LogP contribution is 2.15. The SMILES string of the molecule is CCNC(=NCc1ccccc1CN1CCN(CC)CC1)NCC1CCCO1. The Morgan fingerprint density at radius 2 is 1.82 bits per heavy atom. The molecular weight excluding hydrogens is 350 g/mol. The summed E-state index contributed by atoms with van der Waals surface area (Å²) in [6.45, 7) is 14.5. The van der Waals surface area contributed by atoms with Gasteiger partial charge in [0.1, 0.15) is 0 Å². The van der Waals surface area contributed by atoms with E-state index in [0.29, 0.717) is 12.6 Å². The molecule has 2 aliphatic heterocycles. The zero-order chi connectivity index (χ0) is 19.6. The van der Waals surface area contributed by atoms with Crippen LogP contribution in [0.15, 0.2) is 29.3 Å². The number of nitrogens with one attached hydrogen (secondary N) is 2. The summed E-state index contributed by atoms with van der Waals surface area (Å²) < 4.78 is 5.71. The van der Waals surface area contributed by atoms with Crippen LogP contribution in [0.25, 0.3) is 0 Å². The molecule has 0 radical (unpaired) electrons. The van der Waals surface area contributed by atoms with Gasteiger partial charge >= 0.3 is 0 Å². The van der Waals surface area contributed by atoms with Crippen molar-refractivity contribution in [2.24, 2.45) is 4.99 Å². The molecule has 28 heavy (non-hydrogen) atoms. The molecule has 2 saturated heterocycles. The van der Waals surface area contributed by atoms with Gasteiger partial charge in [0, 0.05) is 52.4 Å². The molecule has 1 aromatic carbocycles. The van der Waals surface area contributed by atoms with E-state index in [-0.39, 0.29) is 0 Å². The third-order valence-corrected chi connectivity index (χ3v) is 5.70. The van der Waals surface area contributed by atoms with Gasteiger partial charge in [-0.3, -0.25) is 4.90 Å². The number of hydrogen-bond acceptors (Lipinski definition) is 4. The number of likely N-dealkylation sites (N-methyl/N-ethyl adjacent to an activating group) is 1. The number of nitrogens with zero attached hydrogens (tertiary/aromatic N) is 3. The van der Waals surface area contributed by atoms with E-state index in [9.17, 15) is 0 Å². The smallest absolute Gasteiger partial charge is 0.191 e. The Bertz CT molecular complexity index is 607. The minimum Gasteiger partial charge on any atom is -0.376 e. The summed E-state index contributed by atoms with van der Waals surface area (Å²) in [5.41, 5.74) is 2.71. The maximum atomic E-state index is 5.71. The van der Waals surface area contributed by atoms with E-state index in [1.54, 1.807) is 0 Å². The first-order valence-corrected chi connectivity index (χ1v) is 10.9. The average molecular weight is 388 g/mol. The number of rotatable bonds is 8. The zero-order valence-corrected chi connectivity index (χ0v) is 17.6. The first-order valence-electron chi connectivity index (χ1n) is 10.9. The van der Waals surface area contributed by atoms with Crippen LogP contribution in [-0.2, 0) is 17.8 Å². The van der Waals surface area contributed by atoms with E-state index in [1.807, 2.05) is 0 Å². The molecule has 2 N–H and O–H groups in total. The summed E-state index contributed by atoms with van der Waals surface area (Å²) >= 11 is 0. The van der Waals surface area contributed by atoms with Crippen molar-refractivity contribution in [3.05, 3.63) is 35.4 Å². The molecule has 2 fully saturated rings. The topological polar surface area (TPSA) is 52.1 Å². The molecule has 0 aliphatic carbocycles. The highest BCUT2D eigenvalue weighted by Gasteiger charge is 2.17. The maximum Gasteiger partial charge on any atom is 0.191 e. The quantitative estimate of drug-likeness (QED) is 0.528. The molecule has 1 atom stereocenters. The second-order valence-electron chi connectivity index (χ2n) is 7.69. The number of guanidine groups is 1. The zero-order valence-electron chi connectivity index (χ0n) is 17.6. The van der Waals surface area contributed by atoms with Crippen LogP contribution in [0.3, 0.4) is 0 Å². The van der Waals surface area contributed by atoms with Gasteiger partial charge in [0.15, 0.2) is 5.96 Å². The Labute approximate surface area is 170 Å².